The lowest BCUT2D eigenvalue weighted by Gasteiger charge is -2.16. The van der Waals surface area contributed by atoms with Crippen molar-refractivity contribution in [2.24, 2.45) is 18.0 Å². The van der Waals surface area contributed by atoms with E-state index in [1.165, 1.54) is 50.2 Å². The van der Waals surface area contributed by atoms with E-state index >= 15 is 0 Å². The van der Waals surface area contributed by atoms with Crippen LogP contribution in [0.25, 0.3) is 22.2 Å². The maximum absolute atomic E-state index is 13.4. The third-order valence-corrected chi connectivity index (χ3v) is 6.62. The molecule has 2 aromatic carbocycles. The maximum atomic E-state index is 13.4. The maximum Gasteiger partial charge on any atom is 0.293 e. The van der Waals surface area contributed by atoms with E-state index in [1.807, 2.05) is 0 Å². The lowest BCUT2D eigenvalue weighted by atomic mass is 10.0. The van der Waals surface area contributed by atoms with Gasteiger partial charge in [0.15, 0.2) is 5.84 Å². The average Bonchev–Trinajstić information content (AvgIpc) is 2.93. The van der Waals surface area contributed by atoms with Crippen LogP contribution in [0.3, 0.4) is 0 Å². The number of nitro groups is 1. The molecule has 0 fully saturated rings. The SMILES string of the molecule is CN/C(=N\N)c1ccc(Nc2ncc3cc(-c4c(Cl)c(OC)cc(OC)c4Cl)c(=O)n(C)c3n2)c([N+](=O)[O-])c1. The van der Waals surface area contributed by atoms with Crippen molar-refractivity contribution in [2.45, 2.75) is 0 Å². The Morgan fingerprint density at radius 3 is 2.38 bits per heavy atom. The van der Waals surface area contributed by atoms with Crippen molar-refractivity contribution < 1.29 is 14.4 Å². The van der Waals surface area contributed by atoms with Gasteiger partial charge in [0.1, 0.15) is 22.8 Å². The molecule has 0 unspecified atom stereocenters. The summed E-state index contributed by atoms with van der Waals surface area (Å²) in [5.74, 6) is 6.19. The number of ether oxygens (including phenoxy) is 2. The van der Waals surface area contributed by atoms with Gasteiger partial charge in [-0.25, -0.2) is 4.98 Å². The molecule has 0 aliphatic carbocycles. The Kier molecular flexibility index (Phi) is 7.74. The van der Waals surface area contributed by atoms with Gasteiger partial charge >= 0.3 is 0 Å². The van der Waals surface area contributed by atoms with E-state index in [0.29, 0.717) is 10.9 Å². The summed E-state index contributed by atoms with van der Waals surface area (Å²) in [4.78, 5) is 33.3. The average molecular weight is 573 g/mol. The number of benzene rings is 2. The number of hydrogen-bond acceptors (Lipinski definition) is 10. The van der Waals surface area contributed by atoms with E-state index < -0.39 is 10.5 Å². The molecule has 0 spiro atoms. The van der Waals surface area contributed by atoms with Crippen LogP contribution >= 0.6 is 23.2 Å². The number of fused-ring (bicyclic) bond motifs is 1. The number of anilines is 2. The van der Waals surface area contributed by atoms with Crippen molar-refractivity contribution in [1.82, 2.24) is 19.9 Å². The molecule has 0 saturated carbocycles. The van der Waals surface area contributed by atoms with Crippen LogP contribution in [0.15, 0.2) is 46.4 Å². The molecule has 202 valence electrons. The van der Waals surface area contributed by atoms with Crippen LogP contribution in [-0.2, 0) is 7.05 Å². The summed E-state index contributed by atoms with van der Waals surface area (Å²) in [7, 11) is 5.98. The minimum absolute atomic E-state index is 0.0292. The summed E-state index contributed by atoms with van der Waals surface area (Å²) in [6, 6.07) is 7.46. The fourth-order valence-corrected chi connectivity index (χ4v) is 4.65. The molecule has 15 heteroatoms. The van der Waals surface area contributed by atoms with Crippen LogP contribution in [0.2, 0.25) is 10.0 Å². The molecular weight excluding hydrogens is 551 g/mol. The number of halogens is 2. The Labute approximate surface area is 231 Å². The number of rotatable bonds is 7. The first-order valence-corrected chi connectivity index (χ1v) is 11.9. The number of hydrogen-bond donors (Lipinski definition) is 3. The second-order valence-electron chi connectivity index (χ2n) is 8.02. The molecule has 0 atom stereocenters. The first-order valence-electron chi connectivity index (χ1n) is 11.1. The first-order chi connectivity index (χ1) is 18.6. The molecule has 0 saturated heterocycles. The molecule has 4 aromatic rings. The number of aromatic nitrogens is 3. The fourth-order valence-electron chi connectivity index (χ4n) is 3.95. The number of pyridine rings is 1. The molecule has 0 aliphatic rings. The van der Waals surface area contributed by atoms with Crippen LogP contribution in [0, 0.1) is 10.1 Å². The van der Waals surface area contributed by atoms with E-state index in [0.717, 1.165) is 0 Å². The van der Waals surface area contributed by atoms with Crippen LogP contribution < -0.4 is 31.5 Å². The van der Waals surface area contributed by atoms with Gasteiger partial charge in [-0.3, -0.25) is 19.5 Å². The fraction of sp³-hybridized carbons (Fsp3) is 0.167. The van der Waals surface area contributed by atoms with Crippen molar-refractivity contribution in [1.29, 1.82) is 0 Å². The molecule has 0 bridgehead atoms. The summed E-state index contributed by atoms with van der Waals surface area (Å²) < 4.78 is 11.9. The van der Waals surface area contributed by atoms with Crippen LogP contribution in [0.1, 0.15) is 5.56 Å². The van der Waals surface area contributed by atoms with Gasteiger partial charge < -0.3 is 25.9 Å². The molecule has 4 rings (SSSR count). The zero-order chi connectivity index (χ0) is 28.4. The van der Waals surface area contributed by atoms with Crippen LogP contribution in [-0.4, -0.2) is 46.6 Å². The molecule has 0 radical (unpaired) electrons. The Bertz CT molecular complexity index is 1680. The standard InChI is InChI=1S/C24H22Cl2N8O5/c1-28-21(32-27)11-5-6-14(15(8-11)34(36)37)30-24-29-10-12-7-13(23(35)33(2)22(12)31-24)18-19(25)16(38-3)9-17(39-4)20(18)26/h5-10H,27H2,1-4H3,(H,28,32)(H,29,30,31). The van der Waals surface area contributed by atoms with Gasteiger partial charge in [-0.2, -0.15) is 10.1 Å². The number of amidine groups is 1. The summed E-state index contributed by atoms with van der Waals surface area (Å²) in [5, 5.41) is 21.7. The zero-order valence-electron chi connectivity index (χ0n) is 21.1. The zero-order valence-corrected chi connectivity index (χ0v) is 22.6. The number of aryl methyl sites for hydroxylation is 1. The monoisotopic (exact) mass is 572 g/mol. The van der Waals surface area contributed by atoms with Crippen molar-refractivity contribution >= 4 is 57.4 Å². The van der Waals surface area contributed by atoms with Crippen molar-refractivity contribution in [3.63, 3.8) is 0 Å². The highest BCUT2D eigenvalue weighted by molar-refractivity contribution is 6.41. The van der Waals surface area contributed by atoms with E-state index in [9.17, 15) is 14.9 Å². The van der Waals surface area contributed by atoms with E-state index in [4.69, 9.17) is 38.5 Å². The third-order valence-electron chi connectivity index (χ3n) is 5.87. The number of nitro benzene ring substituents is 1. The molecule has 39 heavy (non-hydrogen) atoms. The van der Waals surface area contributed by atoms with Crippen molar-refractivity contribution in [3.8, 4) is 22.6 Å². The van der Waals surface area contributed by atoms with Gasteiger partial charge in [-0.1, -0.05) is 23.2 Å². The highest BCUT2D eigenvalue weighted by atomic mass is 35.5. The molecule has 4 N–H and O–H groups in total. The van der Waals surface area contributed by atoms with E-state index in [1.54, 1.807) is 19.2 Å². The number of methoxy groups -OCH3 is 2. The largest absolute Gasteiger partial charge is 0.495 e. The third kappa shape index (κ3) is 4.96. The molecule has 0 amide bonds. The lowest BCUT2D eigenvalue weighted by molar-refractivity contribution is -0.383. The topological polar surface area (TPSA) is 172 Å². The second kappa shape index (κ2) is 11.0. The van der Waals surface area contributed by atoms with Crippen molar-refractivity contribution in [2.75, 3.05) is 26.6 Å². The minimum Gasteiger partial charge on any atom is -0.495 e. The van der Waals surface area contributed by atoms with Gasteiger partial charge in [-0.15, -0.1) is 0 Å². The number of nitrogens with one attached hydrogen (secondary N) is 2. The van der Waals surface area contributed by atoms with E-state index in [2.05, 4.69) is 25.7 Å². The van der Waals surface area contributed by atoms with Gasteiger partial charge in [-0.05, 0) is 18.2 Å². The predicted molar refractivity (Wildman–Crippen MR) is 150 cm³/mol. The summed E-state index contributed by atoms with van der Waals surface area (Å²) >= 11 is 13.1. The normalized spacial score (nSPS) is 11.4. The Morgan fingerprint density at radius 2 is 1.82 bits per heavy atom. The molecule has 0 aliphatic heterocycles. The highest BCUT2D eigenvalue weighted by Crippen LogP contribution is 2.45. The summed E-state index contributed by atoms with van der Waals surface area (Å²) in [6.07, 6.45) is 1.47. The van der Waals surface area contributed by atoms with E-state index in [-0.39, 0.29) is 61.5 Å². The Balaban J connectivity index is 1.82. The Hall–Kier alpha value is -4.62. The number of nitrogens with zero attached hydrogens (tertiary/aromatic N) is 5. The van der Waals surface area contributed by atoms with Crippen LogP contribution in [0.5, 0.6) is 11.5 Å². The van der Waals surface area contributed by atoms with Gasteiger partial charge in [0, 0.05) is 48.9 Å². The van der Waals surface area contributed by atoms with Gasteiger partial charge in [0.25, 0.3) is 11.2 Å². The van der Waals surface area contributed by atoms with Gasteiger partial charge in [0.2, 0.25) is 5.95 Å². The van der Waals surface area contributed by atoms with Gasteiger partial charge in [0.05, 0.1) is 34.8 Å². The number of hydrazone groups is 1. The molecule has 13 nitrogen and oxygen atoms in total. The highest BCUT2D eigenvalue weighted by Gasteiger charge is 2.23. The smallest absolute Gasteiger partial charge is 0.293 e. The molecule has 2 aromatic heterocycles. The minimum atomic E-state index is -0.561. The predicted octanol–water partition coefficient (Wildman–Crippen LogP) is 3.81. The first kappa shape index (κ1) is 27.4. The summed E-state index contributed by atoms with van der Waals surface area (Å²) in [5.41, 5.74) is 0.495. The second-order valence-corrected chi connectivity index (χ2v) is 8.78. The number of nitrogens with two attached hydrogens (primary N) is 1. The Morgan fingerprint density at radius 1 is 1.15 bits per heavy atom. The quantitative estimate of drug-likeness (QED) is 0.0971. The molecular formula is C24H22Cl2N8O5. The molecule has 2 heterocycles. The summed E-state index contributed by atoms with van der Waals surface area (Å²) in [6.45, 7) is 0. The lowest BCUT2D eigenvalue weighted by Crippen LogP contribution is -2.21. The van der Waals surface area contributed by atoms with Crippen molar-refractivity contribution in [3.05, 3.63) is 72.6 Å². The van der Waals surface area contributed by atoms with Crippen LogP contribution in [0.4, 0.5) is 17.3 Å².